The quantitative estimate of drug-likeness (QED) is 0.383. The van der Waals surface area contributed by atoms with Crippen LogP contribution in [0.3, 0.4) is 0 Å². The number of rotatable bonds is 5. The Labute approximate surface area is 111 Å². The van der Waals surface area contributed by atoms with E-state index >= 15 is 0 Å². The van der Waals surface area contributed by atoms with Crippen LogP contribution in [0.5, 0.6) is 11.5 Å². The van der Waals surface area contributed by atoms with Crippen LogP contribution < -0.4 is 4.74 Å². The standard InChI is InChI=1S/C14H17NO4/c1-4-14(2,3)11-7-10(5-6-12(11)17)19-13(18)8-15-9-16/h5-7,17H,4,8H2,1-3H3. The Morgan fingerprint density at radius 3 is 2.74 bits per heavy atom. The summed E-state index contributed by atoms with van der Waals surface area (Å²) in [5.74, 6) is -0.160. The smallest absolute Gasteiger partial charge is 0.334 e. The fraction of sp³-hybridized carbons (Fsp3) is 0.429. The summed E-state index contributed by atoms with van der Waals surface area (Å²) in [6, 6.07) is 4.60. The van der Waals surface area contributed by atoms with Crippen LogP contribution in [0.2, 0.25) is 0 Å². The molecule has 1 aromatic carbocycles. The molecule has 5 heteroatoms. The summed E-state index contributed by atoms with van der Waals surface area (Å²) >= 11 is 0. The number of ether oxygens (including phenoxy) is 1. The van der Waals surface area contributed by atoms with E-state index in [2.05, 4.69) is 4.99 Å². The van der Waals surface area contributed by atoms with Crippen LogP contribution in [0.25, 0.3) is 0 Å². The van der Waals surface area contributed by atoms with Crippen LogP contribution >= 0.6 is 0 Å². The van der Waals surface area contributed by atoms with Crippen molar-refractivity contribution in [2.45, 2.75) is 32.6 Å². The predicted molar refractivity (Wildman–Crippen MR) is 70.0 cm³/mol. The van der Waals surface area contributed by atoms with Crippen molar-refractivity contribution in [2.75, 3.05) is 6.54 Å². The molecule has 0 aromatic heterocycles. The van der Waals surface area contributed by atoms with Gasteiger partial charge in [-0.25, -0.2) is 9.59 Å². The highest BCUT2D eigenvalue weighted by Gasteiger charge is 2.22. The van der Waals surface area contributed by atoms with Gasteiger partial charge in [0.15, 0.2) is 0 Å². The highest BCUT2D eigenvalue weighted by Crippen LogP contribution is 2.35. The summed E-state index contributed by atoms with van der Waals surface area (Å²) in [7, 11) is 0. The molecule has 0 aliphatic rings. The molecule has 0 fully saturated rings. The van der Waals surface area contributed by atoms with Crippen LogP contribution in [-0.4, -0.2) is 23.7 Å². The highest BCUT2D eigenvalue weighted by molar-refractivity contribution is 5.75. The molecule has 0 saturated heterocycles. The molecule has 0 amide bonds. The monoisotopic (exact) mass is 263 g/mol. The van der Waals surface area contributed by atoms with Gasteiger partial charge in [0.2, 0.25) is 6.08 Å². The topological polar surface area (TPSA) is 76.0 Å². The number of aliphatic imine (C=N–C) groups is 1. The van der Waals surface area contributed by atoms with Gasteiger partial charge >= 0.3 is 5.97 Å². The molecule has 0 saturated carbocycles. The number of carbonyl (C=O) groups excluding carboxylic acids is 2. The second kappa shape index (κ2) is 6.16. The van der Waals surface area contributed by atoms with Gasteiger partial charge in [0.1, 0.15) is 18.0 Å². The first kappa shape index (κ1) is 14.9. The molecule has 0 unspecified atom stereocenters. The third kappa shape index (κ3) is 3.93. The number of phenolic OH excluding ortho intramolecular Hbond substituents is 1. The first-order valence-electron chi connectivity index (χ1n) is 5.98. The van der Waals surface area contributed by atoms with Crippen LogP contribution in [0, 0.1) is 0 Å². The molecule has 1 aromatic rings. The fourth-order valence-corrected chi connectivity index (χ4v) is 1.57. The van der Waals surface area contributed by atoms with Crippen molar-refractivity contribution >= 4 is 12.0 Å². The number of hydrogen-bond donors (Lipinski definition) is 1. The van der Waals surface area contributed by atoms with Gasteiger partial charge in [-0.1, -0.05) is 20.8 Å². The van der Waals surface area contributed by atoms with Crippen LogP contribution in [0.1, 0.15) is 32.8 Å². The van der Waals surface area contributed by atoms with Gasteiger partial charge in [0.25, 0.3) is 0 Å². The van der Waals surface area contributed by atoms with E-state index in [0.29, 0.717) is 11.3 Å². The molecule has 5 nitrogen and oxygen atoms in total. The van der Waals surface area contributed by atoms with E-state index < -0.39 is 5.97 Å². The van der Waals surface area contributed by atoms with E-state index in [4.69, 9.17) is 4.74 Å². The molecule has 0 spiro atoms. The molecule has 0 aliphatic carbocycles. The van der Waals surface area contributed by atoms with Crippen molar-refractivity contribution in [1.29, 1.82) is 0 Å². The van der Waals surface area contributed by atoms with Crippen molar-refractivity contribution in [3.63, 3.8) is 0 Å². The van der Waals surface area contributed by atoms with E-state index in [9.17, 15) is 14.7 Å². The molecule has 19 heavy (non-hydrogen) atoms. The van der Waals surface area contributed by atoms with Gasteiger partial charge < -0.3 is 9.84 Å². The van der Waals surface area contributed by atoms with Gasteiger partial charge in [0.05, 0.1) is 0 Å². The summed E-state index contributed by atoms with van der Waals surface area (Å²) in [4.78, 5) is 24.4. The fourth-order valence-electron chi connectivity index (χ4n) is 1.57. The van der Waals surface area contributed by atoms with Crippen molar-refractivity contribution in [1.82, 2.24) is 0 Å². The Morgan fingerprint density at radius 2 is 2.16 bits per heavy atom. The summed E-state index contributed by atoms with van der Waals surface area (Å²) in [5, 5.41) is 9.87. The van der Waals surface area contributed by atoms with Gasteiger partial charge in [-0.15, -0.1) is 0 Å². The molecular formula is C14H17NO4. The molecular weight excluding hydrogens is 246 g/mol. The van der Waals surface area contributed by atoms with Crippen molar-refractivity contribution in [2.24, 2.45) is 4.99 Å². The van der Waals surface area contributed by atoms with Gasteiger partial charge in [-0.3, -0.25) is 0 Å². The molecule has 0 bridgehead atoms. The average molecular weight is 263 g/mol. The maximum atomic E-state index is 11.3. The van der Waals surface area contributed by atoms with Crippen LogP contribution in [-0.2, 0) is 15.0 Å². The number of isocyanates is 1. The normalized spacial score (nSPS) is 10.7. The minimum absolute atomic E-state index is 0.164. The highest BCUT2D eigenvalue weighted by atomic mass is 16.5. The number of phenols is 1. The lowest BCUT2D eigenvalue weighted by Gasteiger charge is -2.24. The average Bonchev–Trinajstić information content (AvgIpc) is 2.38. The predicted octanol–water partition coefficient (Wildman–Crippen LogP) is 2.32. The summed E-state index contributed by atoms with van der Waals surface area (Å²) in [5.41, 5.74) is 0.479. The first-order valence-corrected chi connectivity index (χ1v) is 5.98. The van der Waals surface area contributed by atoms with Gasteiger partial charge in [-0.05, 0) is 30.0 Å². The van der Waals surface area contributed by atoms with Crippen LogP contribution in [0.15, 0.2) is 23.2 Å². The number of hydrogen-bond acceptors (Lipinski definition) is 5. The number of aromatic hydroxyl groups is 1. The Hall–Kier alpha value is -2.13. The lowest BCUT2D eigenvalue weighted by Crippen LogP contribution is -2.17. The third-order valence-electron chi connectivity index (χ3n) is 3.09. The largest absolute Gasteiger partial charge is 0.508 e. The lowest BCUT2D eigenvalue weighted by molar-refractivity contribution is -0.132. The van der Waals surface area contributed by atoms with E-state index in [0.717, 1.165) is 6.42 Å². The molecule has 0 aliphatic heterocycles. The first-order chi connectivity index (χ1) is 8.90. The van der Waals surface area contributed by atoms with Gasteiger partial charge in [-0.2, -0.15) is 4.99 Å². The van der Waals surface area contributed by atoms with E-state index in [-0.39, 0.29) is 17.7 Å². The Balaban J connectivity index is 2.96. The van der Waals surface area contributed by atoms with Crippen LogP contribution in [0.4, 0.5) is 0 Å². The van der Waals surface area contributed by atoms with Crippen molar-refractivity contribution < 1.29 is 19.4 Å². The summed E-state index contributed by atoms with van der Waals surface area (Å²) in [6.45, 7) is 5.63. The molecule has 1 rings (SSSR count). The zero-order valence-corrected chi connectivity index (χ0v) is 11.3. The molecule has 0 atom stereocenters. The minimum Gasteiger partial charge on any atom is -0.508 e. The third-order valence-corrected chi connectivity index (χ3v) is 3.09. The molecule has 0 heterocycles. The zero-order valence-electron chi connectivity index (χ0n) is 11.3. The Kier molecular flexibility index (Phi) is 4.84. The summed E-state index contributed by atoms with van der Waals surface area (Å²) in [6.07, 6.45) is 2.10. The maximum absolute atomic E-state index is 11.3. The number of carbonyl (C=O) groups is 1. The van der Waals surface area contributed by atoms with Crippen molar-refractivity contribution in [3.8, 4) is 11.5 Å². The Bertz CT molecular complexity index is 516. The number of nitrogens with zero attached hydrogens (tertiary/aromatic N) is 1. The second-order valence-electron chi connectivity index (χ2n) is 4.80. The minimum atomic E-state index is -0.644. The lowest BCUT2D eigenvalue weighted by atomic mass is 9.81. The zero-order chi connectivity index (χ0) is 14.5. The second-order valence-corrected chi connectivity index (χ2v) is 4.80. The van der Waals surface area contributed by atoms with E-state index in [1.54, 1.807) is 6.07 Å². The molecule has 102 valence electrons. The Morgan fingerprint density at radius 1 is 1.47 bits per heavy atom. The van der Waals surface area contributed by atoms with E-state index in [1.807, 2.05) is 20.8 Å². The SMILES string of the molecule is CCC(C)(C)c1cc(OC(=O)CN=C=O)ccc1O. The molecule has 1 N–H and O–H groups in total. The van der Waals surface area contributed by atoms with Gasteiger partial charge in [0, 0.05) is 5.56 Å². The number of esters is 1. The van der Waals surface area contributed by atoms with Crippen molar-refractivity contribution in [3.05, 3.63) is 23.8 Å². The van der Waals surface area contributed by atoms with E-state index in [1.165, 1.54) is 18.2 Å². The molecule has 0 radical (unpaired) electrons. The summed E-state index contributed by atoms with van der Waals surface area (Å²) < 4.78 is 5.03. The maximum Gasteiger partial charge on any atom is 0.334 e. The number of benzene rings is 1.